The standard InChI is InChI=1S/C20H25NO/c1-6-17-7-9-18(10-8-17)16(5)21-20(22)19-12-14(3)13(2)11-15(19)4/h7-12,16H,6H2,1-5H3,(H,21,22)/t16-/m1/s1. The fourth-order valence-corrected chi connectivity index (χ4v) is 2.60. The first-order valence-corrected chi connectivity index (χ1v) is 7.90. The van der Waals surface area contributed by atoms with Crippen molar-refractivity contribution < 1.29 is 4.79 Å². The van der Waals surface area contributed by atoms with Crippen LogP contribution in [0.1, 0.15) is 58.1 Å². The summed E-state index contributed by atoms with van der Waals surface area (Å²) >= 11 is 0. The van der Waals surface area contributed by atoms with Crippen LogP contribution in [0.4, 0.5) is 0 Å². The van der Waals surface area contributed by atoms with Gasteiger partial charge >= 0.3 is 0 Å². The minimum absolute atomic E-state index is 0.000541. The Bertz CT molecular complexity index is 671. The lowest BCUT2D eigenvalue weighted by atomic mass is 9.99. The van der Waals surface area contributed by atoms with E-state index in [0.717, 1.165) is 28.7 Å². The van der Waals surface area contributed by atoms with Gasteiger partial charge in [-0.2, -0.15) is 0 Å². The number of hydrogen-bond acceptors (Lipinski definition) is 1. The molecule has 116 valence electrons. The molecular formula is C20H25NO. The molecule has 0 aliphatic carbocycles. The van der Waals surface area contributed by atoms with Gasteiger partial charge in [0.05, 0.1) is 6.04 Å². The lowest BCUT2D eigenvalue weighted by Crippen LogP contribution is -2.27. The Labute approximate surface area is 133 Å². The molecule has 0 spiro atoms. The first-order chi connectivity index (χ1) is 10.4. The summed E-state index contributed by atoms with van der Waals surface area (Å²) in [6, 6.07) is 12.5. The summed E-state index contributed by atoms with van der Waals surface area (Å²) in [5, 5.41) is 3.10. The zero-order valence-electron chi connectivity index (χ0n) is 14.2. The number of nitrogens with one attached hydrogen (secondary N) is 1. The van der Waals surface area contributed by atoms with Crippen molar-refractivity contribution in [2.75, 3.05) is 0 Å². The van der Waals surface area contributed by atoms with Crippen molar-refractivity contribution in [1.29, 1.82) is 0 Å². The van der Waals surface area contributed by atoms with Crippen LogP contribution in [0.15, 0.2) is 36.4 Å². The maximum Gasteiger partial charge on any atom is 0.252 e. The Balaban J connectivity index is 2.15. The van der Waals surface area contributed by atoms with E-state index in [1.165, 1.54) is 11.1 Å². The molecule has 22 heavy (non-hydrogen) atoms. The van der Waals surface area contributed by atoms with Crippen molar-refractivity contribution in [3.63, 3.8) is 0 Å². The molecule has 0 radical (unpaired) electrons. The molecule has 0 heterocycles. The second-order valence-corrected chi connectivity index (χ2v) is 6.04. The average molecular weight is 295 g/mol. The Morgan fingerprint density at radius 2 is 1.59 bits per heavy atom. The van der Waals surface area contributed by atoms with Gasteiger partial charge in [0.1, 0.15) is 0 Å². The molecule has 1 amide bonds. The molecule has 0 saturated carbocycles. The fourth-order valence-electron chi connectivity index (χ4n) is 2.60. The van der Waals surface area contributed by atoms with Crippen molar-refractivity contribution in [2.24, 2.45) is 0 Å². The first kappa shape index (κ1) is 16.3. The van der Waals surface area contributed by atoms with Crippen LogP contribution in [0.25, 0.3) is 0 Å². The highest BCUT2D eigenvalue weighted by Gasteiger charge is 2.14. The van der Waals surface area contributed by atoms with Crippen molar-refractivity contribution in [2.45, 2.75) is 47.1 Å². The van der Waals surface area contributed by atoms with Gasteiger partial charge in [0.2, 0.25) is 0 Å². The maximum atomic E-state index is 12.5. The topological polar surface area (TPSA) is 29.1 Å². The predicted octanol–water partition coefficient (Wildman–Crippen LogP) is 4.67. The molecule has 0 bridgehead atoms. The summed E-state index contributed by atoms with van der Waals surface area (Å²) < 4.78 is 0. The number of hydrogen-bond donors (Lipinski definition) is 1. The van der Waals surface area contributed by atoms with Crippen LogP contribution in [-0.4, -0.2) is 5.91 Å². The minimum atomic E-state index is -0.00679. The Morgan fingerprint density at radius 3 is 2.18 bits per heavy atom. The summed E-state index contributed by atoms with van der Waals surface area (Å²) in [5.74, 6) is -0.00679. The summed E-state index contributed by atoms with van der Waals surface area (Å²) in [6.45, 7) is 10.3. The maximum absolute atomic E-state index is 12.5. The molecule has 2 aromatic rings. The molecule has 1 atom stereocenters. The average Bonchev–Trinajstić information content (AvgIpc) is 2.50. The smallest absolute Gasteiger partial charge is 0.252 e. The zero-order valence-corrected chi connectivity index (χ0v) is 14.2. The van der Waals surface area contributed by atoms with E-state index in [2.05, 4.69) is 49.5 Å². The fraction of sp³-hybridized carbons (Fsp3) is 0.350. The van der Waals surface area contributed by atoms with Crippen LogP contribution >= 0.6 is 0 Å². The molecule has 0 unspecified atom stereocenters. The molecule has 0 fully saturated rings. The molecular weight excluding hydrogens is 270 g/mol. The molecule has 1 N–H and O–H groups in total. The van der Waals surface area contributed by atoms with E-state index < -0.39 is 0 Å². The van der Waals surface area contributed by atoms with Gasteiger partial charge in [-0.1, -0.05) is 37.3 Å². The van der Waals surface area contributed by atoms with Gasteiger partial charge in [0.15, 0.2) is 0 Å². The molecule has 2 nitrogen and oxygen atoms in total. The van der Waals surface area contributed by atoms with Crippen LogP contribution in [-0.2, 0) is 6.42 Å². The number of carbonyl (C=O) groups is 1. The number of amides is 1. The third-order valence-electron chi connectivity index (χ3n) is 4.32. The quantitative estimate of drug-likeness (QED) is 0.873. The summed E-state index contributed by atoms with van der Waals surface area (Å²) in [4.78, 5) is 12.5. The minimum Gasteiger partial charge on any atom is -0.346 e. The molecule has 2 rings (SSSR count). The van der Waals surface area contributed by atoms with E-state index in [1.807, 2.05) is 26.8 Å². The number of carbonyl (C=O) groups excluding carboxylic acids is 1. The number of aryl methyl sites for hydroxylation is 4. The first-order valence-electron chi connectivity index (χ1n) is 7.90. The normalized spacial score (nSPS) is 12.0. The van der Waals surface area contributed by atoms with Gasteiger partial charge in [-0.05, 0) is 68.0 Å². The molecule has 2 aromatic carbocycles. The second-order valence-electron chi connectivity index (χ2n) is 6.04. The molecule has 2 heteroatoms. The van der Waals surface area contributed by atoms with Gasteiger partial charge in [-0.25, -0.2) is 0 Å². The monoisotopic (exact) mass is 295 g/mol. The van der Waals surface area contributed by atoms with Crippen LogP contribution in [0.5, 0.6) is 0 Å². The van der Waals surface area contributed by atoms with Gasteiger partial charge in [0, 0.05) is 5.56 Å². The van der Waals surface area contributed by atoms with Crippen molar-refractivity contribution in [3.05, 3.63) is 69.8 Å². The van der Waals surface area contributed by atoms with Crippen LogP contribution in [0, 0.1) is 20.8 Å². The van der Waals surface area contributed by atoms with Crippen LogP contribution < -0.4 is 5.32 Å². The molecule has 0 aliphatic heterocycles. The number of benzene rings is 2. The van der Waals surface area contributed by atoms with Gasteiger partial charge in [-0.3, -0.25) is 4.79 Å². The summed E-state index contributed by atoms with van der Waals surface area (Å²) in [6.07, 6.45) is 1.03. The second kappa shape index (κ2) is 6.78. The zero-order chi connectivity index (χ0) is 16.3. The van der Waals surface area contributed by atoms with E-state index >= 15 is 0 Å². The third-order valence-corrected chi connectivity index (χ3v) is 4.32. The van der Waals surface area contributed by atoms with Gasteiger partial charge in [-0.15, -0.1) is 0 Å². The Morgan fingerprint density at radius 1 is 1.00 bits per heavy atom. The Hall–Kier alpha value is -2.09. The third kappa shape index (κ3) is 3.56. The molecule has 0 saturated heterocycles. The highest BCUT2D eigenvalue weighted by molar-refractivity contribution is 5.96. The lowest BCUT2D eigenvalue weighted by molar-refractivity contribution is 0.0939. The van der Waals surface area contributed by atoms with Crippen molar-refractivity contribution in [3.8, 4) is 0 Å². The van der Waals surface area contributed by atoms with E-state index in [9.17, 15) is 4.79 Å². The Kier molecular flexibility index (Phi) is 5.02. The van der Waals surface area contributed by atoms with Crippen LogP contribution in [0.2, 0.25) is 0 Å². The molecule has 0 aliphatic rings. The van der Waals surface area contributed by atoms with Crippen LogP contribution in [0.3, 0.4) is 0 Å². The van der Waals surface area contributed by atoms with E-state index in [1.54, 1.807) is 0 Å². The number of rotatable bonds is 4. The van der Waals surface area contributed by atoms with E-state index in [4.69, 9.17) is 0 Å². The highest BCUT2D eigenvalue weighted by atomic mass is 16.1. The largest absolute Gasteiger partial charge is 0.346 e. The van der Waals surface area contributed by atoms with E-state index in [-0.39, 0.29) is 11.9 Å². The predicted molar refractivity (Wildman–Crippen MR) is 92.4 cm³/mol. The summed E-state index contributed by atoms with van der Waals surface area (Å²) in [7, 11) is 0. The van der Waals surface area contributed by atoms with Gasteiger partial charge < -0.3 is 5.32 Å². The highest BCUT2D eigenvalue weighted by Crippen LogP contribution is 2.18. The van der Waals surface area contributed by atoms with Crippen molar-refractivity contribution in [1.82, 2.24) is 5.32 Å². The summed E-state index contributed by atoms with van der Waals surface area (Å²) in [5.41, 5.74) is 6.60. The van der Waals surface area contributed by atoms with Crippen molar-refractivity contribution >= 4 is 5.91 Å². The molecule has 0 aromatic heterocycles. The lowest BCUT2D eigenvalue weighted by Gasteiger charge is -2.16. The SMILES string of the molecule is CCc1ccc([C@@H](C)NC(=O)c2cc(C)c(C)cc2C)cc1. The van der Waals surface area contributed by atoms with Gasteiger partial charge in [0.25, 0.3) is 5.91 Å². The van der Waals surface area contributed by atoms with E-state index in [0.29, 0.717) is 0 Å².